The van der Waals surface area contributed by atoms with Gasteiger partial charge in [-0.1, -0.05) is 119 Å². The van der Waals surface area contributed by atoms with Crippen LogP contribution in [-0.4, -0.2) is 13.7 Å². The molecule has 66 heavy (non-hydrogen) atoms. The predicted molar refractivity (Wildman–Crippen MR) is 273 cm³/mol. The van der Waals surface area contributed by atoms with Crippen molar-refractivity contribution in [3.8, 4) is 33.6 Å². The smallest absolute Gasteiger partial charge is 0.131 e. The number of para-hydroxylation sites is 2. The van der Waals surface area contributed by atoms with E-state index in [-0.39, 0.29) is 11.6 Å². The standard InChI is InChI=1S/C61H47F2N3/c1-36-23-27-50-44(31-36)45-32-37(2)24-28-51(45)64(50)56-35-57(65-52-29-25-38(3)33-46(52)47-34-39(4)26-30-53(47)65)59(43-18-8-12-20-49(43)63)60(58(56)42-17-7-11-19-48(42)62)61(5,6)66-54-21-13-9-15-40(54)41-16-10-14-22-55(41)66/h7-35H,1-6H3. The second-order valence-corrected chi connectivity index (χ2v) is 18.7. The van der Waals surface area contributed by atoms with Gasteiger partial charge in [-0.3, -0.25) is 0 Å². The summed E-state index contributed by atoms with van der Waals surface area (Å²) in [4.78, 5) is 0. The first-order valence-corrected chi connectivity index (χ1v) is 22.7. The zero-order chi connectivity index (χ0) is 45.2. The van der Waals surface area contributed by atoms with E-state index < -0.39 is 5.54 Å². The summed E-state index contributed by atoms with van der Waals surface area (Å²) in [7, 11) is 0. The minimum Gasteiger partial charge on any atom is -0.331 e. The summed E-state index contributed by atoms with van der Waals surface area (Å²) in [5, 5.41) is 6.66. The molecule has 0 spiro atoms. The molecule has 0 saturated heterocycles. The van der Waals surface area contributed by atoms with E-state index in [4.69, 9.17) is 0 Å². The highest BCUT2D eigenvalue weighted by atomic mass is 19.1. The van der Waals surface area contributed by atoms with Crippen LogP contribution in [0.15, 0.2) is 176 Å². The molecular weight excluding hydrogens is 813 g/mol. The van der Waals surface area contributed by atoms with Crippen LogP contribution in [0.5, 0.6) is 0 Å². The molecule has 3 aromatic heterocycles. The normalized spacial score (nSPS) is 12.2. The molecule has 9 aromatic carbocycles. The van der Waals surface area contributed by atoms with Crippen LogP contribution in [-0.2, 0) is 5.54 Å². The minimum atomic E-state index is -0.972. The van der Waals surface area contributed by atoms with Crippen LogP contribution >= 0.6 is 0 Å². The molecular formula is C61H47F2N3. The maximum Gasteiger partial charge on any atom is 0.131 e. The van der Waals surface area contributed by atoms with Crippen molar-refractivity contribution in [3.63, 3.8) is 0 Å². The van der Waals surface area contributed by atoms with Gasteiger partial charge in [-0.25, -0.2) is 8.78 Å². The van der Waals surface area contributed by atoms with Crippen LogP contribution in [0.2, 0.25) is 0 Å². The van der Waals surface area contributed by atoms with Gasteiger partial charge in [0.2, 0.25) is 0 Å². The van der Waals surface area contributed by atoms with Crippen LogP contribution in [0.3, 0.4) is 0 Å². The highest BCUT2D eigenvalue weighted by Gasteiger charge is 2.38. The highest BCUT2D eigenvalue weighted by Crippen LogP contribution is 2.52. The van der Waals surface area contributed by atoms with Gasteiger partial charge in [0.25, 0.3) is 0 Å². The lowest BCUT2D eigenvalue weighted by Gasteiger charge is -2.37. The third-order valence-electron chi connectivity index (χ3n) is 14.0. The maximum atomic E-state index is 17.4. The monoisotopic (exact) mass is 859 g/mol. The first kappa shape index (κ1) is 39.8. The van der Waals surface area contributed by atoms with E-state index in [0.29, 0.717) is 22.3 Å². The van der Waals surface area contributed by atoms with Gasteiger partial charge in [0.1, 0.15) is 11.6 Å². The van der Waals surface area contributed by atoms with Crippen LogP contribution in [0.25, 0.3) is 99.0 Å². The summed E-state index contributed by atoms with van der Waals surface area (Å²) in [6.07, 6.45) is 0. The Hall–Kier alpha value is -7.76. The van der Waals surface area contributed by atoms with E-state index in [1.54, 1.807) is 24.3 Å². The number of rotatable bonds is 6. The summed E-state index contributed by atoms with van der Waals surface area (Å²) in [6.45, 7) is 13.0. The fraction of sp³-hybridized carbons (Fsp3) is 0.115. The van der Waals surface area contributed by atoms with E-state index in [1.165, 1.54) is 0 Å². The van der Waals surface area contributed by atoms with Crippen LogP contribution in [0.1, 0.15) is 41.7 Å². The van der Waals surface area contributed by atoms with E-state index in [9.17, 15) is 0 Å². The van der Waals surface area contributed by atoms with E-state index in [2.05, 4.69) is 183 Å². The Balaban J connectivity index is 1.40. The van der Waals surface area contributed by atoms with E-state index in [1.807, 2.05) is 24.3 Å². The molecule has 12 aromatic rings. The van der Waals surface area contributed by atoms with Crippen molar-refractivity contribution >= 4 is 65.4 Å². The number of hydrogen-bond donors (Lipinski definition) is 0. The number of aromatic nitrogens is 3. The highest BCUT2D eigenvalue weighted by molar-refractivity contribution is 6.13. The largest absolute Gasteiger partial charge is 0.331 e. The third-order valence-corrected chi connectivity index (χ3v) is 14.0. The third kappa shape index (κ3) is 5.78. The van der Waals surface area contributed by atoms with Gasteiger partial charge < -0.3 is 13.7 Å². The van der Waals surface area contributed by atoms with Gasteiger partial charge in [-0.2, -0.15) is 0 Å². The molecule has 0 amide bonds. The molecule has 0 N–H and O–H groups in total. The van der Waals surface area contributed by atoms with Crippen molar-refractivity contribution in [1.29, 1.82) is 0 Å². The lowest BCUT2D eigenvalue weighted by molar-refractivity contribution is 0.466. The van der Waals surface area contributed by atoms with Crippen molar-refractivity contribution in [2.24, 2.45) is 0 Å². The summed E-state index contributed by atoms with van der Waals surface area (Å²) >= 11 is 0. The first-order valence-electron chi connectivity index (χ1n) is 22.7. The molecule has 3 nitrogen and oxygen atoms in total. The lowest BCUT2D eigenvalue weighted by atomic mass is 9.78. The molecule has 5 heteroatoms. The van der Waals surface area contributed by atoms with Gasteiger partial charge in [0, 0.05) is 65.6 Å². The number of nitrogens with zero attached hydrogens (tertiary/aromatic N) is 3. The molecule has 0 unspecified atom stereocenters. The van der Waals surface area contributed by atoms with Crippen LogP contribution in [0, 0.1) is 39.3 Å². The minimum absolute atomic E-state index is 0.361. The Morgan fingerprint density at radius 1 is 0.348 bits per heavy atom. The average molecular weight is 860 g/mol. The second-order valence-electron chi connectivity index (χ2n) is 18.7. The summed E-state index contributed by atoms with van der Waals surface area (Å²) in [5.74, 6) is -0.721. The van der Waals surface area contributed by atoms with Gasteiger partial charge in [-0.15, -0.1) is 0 Å². The van der Waals surface area contributed by atoms with Crippen molar-refractivity contribution < 1.29 is 8.78 Å². The molecule has 0 aliphatic rings. The Labute approximate surface area is 382 Å². The zero-order valence-electron chi connectivity index (χ0n) is 37.8. The number of halogens is 2. The molecule has 3 heterocycles. The second kappa shape index (κ2) is 14.6. The number of aryl methyl sites for hydroxylation is 4. The molecule has 0 bridgehead atoms. The fourth-order valence-corrected chi connectivity index (χ4v) is 11.2. The number of benzene rings is 9. The summed E-state index contributed by atoms with van der Waals surface area (Å²) in [6, 6.07) is 59.8. The van der Waals surface area contributed by atoms with Crippen molar-refractivity contribution in [1.82, 2.24) is 13.7 Å². The molecule has 0 fully saturated rings. The SMILES string of the molecule is Cc1ccc2c(c1)c1cc(C)ccc1n2-c1cc(-n2c3ccc(C)cc3c3cc(C)ccc32)c(-c2ccccc2F)c(C(C)(C)n2c3ccccc3c3ccccc32)c1-c1ccccc1F. The fourth-order valence-electron chi connectivity index (χ4n) is 11.2. The van der Waals surface area contributed by atoms with E-state index >= 15 is 8.78 Å². The van der Waals surface area contributed by atoms with Crippen molar-refractivity contribution in [2.75, 3.05) is 0 Å². The topological polar surface area (TPSA) is 14.8 Å². The zero-order valence-corrected chi connectivity index (χ0v) is 37.8. The molecule has 12 rings (SSSR count). The molecule has 0 radical (unpaired) electrons. The predicted octanol–water partition coefficient (Wildman–Crippen LogP) is 16.6. The number of fused-ring (bicyclic) bond motifs is 9. The van der Waals surface area contributed by atoms with Gasteiger partial charge >= 0.3 is 0 Å². The Kier molecular flexibility index (Phi) is 8.82. The van der Waals surface area contributed by atoms with Gasteiger partial charge in [0.05, 0.1) is 39.0 Å². The maximum absolute atomic E-state index is 17.4. The van der Waals surface area contributed by atoms with Crippen LogP contribution < -0.4 is 0 Å². The molecule has 320 valence electrons. The molecule has 0 saturated carbocycles. The molecule has 0 aliphatic heterocycles. The first-order chi connectivity index (χ1) is 32.0. The number of hydrogen-bond acceptors (Lipinski definition) is 0. The molecule has 0 atom stereocenters. The quantitative estimate of drug-likeness (QED) is 0.158. The van der Waals surface area contributed by atoms with Gasteiger partial charge in [-0.05, 0) is 126 Å². The van der Waals surface area contributed by atoms with Crippen molar-refractivity contribution in [2.45, 2.75) is 47.1 Å². The molecule has 0 aliphatic carbocycles. The summed E-state index contributed by atoms with van der Waals surface area (Å²) < 4.78 is 41.9. The Morgan fingerprint density at radius 2 is 0.682 bits per heavy atom. The lowest BCUT2D eigenvalue weighted by Crippen LogP contribution is -2.30. The average Bonchev–Trinajstić information content (AvgIpc) is 3.94. The summed E-state index contributed by atoms with van der Waals surface area (Å²) in [5.41, 5.74) is 14.3. The van der Waals surface area contributed by atoms with E-state index in [0.717, 1.165) is 105 Å². The van der Waals surface area contributed by atoms with Crippen molar-refractivity contribution in [3.05, 3.63) is 215 Å². The van der Waals surface area contributed by atoms with Crippen LogP contribution in [0.4, 0.5) is 8.78 Å². The Morgan fingerprint density at radius 3 is 1.05 bits per heavy atom. The Bertz CT molecular complexity index is 3620. The van der Waals surface area contributed by atoms with Gasteiger partial charge in [0.15, 0.2) is 0 Å².